The molecule has 2 heterocycles. The second-order valence-corrected chi connectivity index (χ2v) is 11.8. The number of carbonyl (C=O) groups is 2. The first kappa shape index (κ1) is 34.0. The maximum Gasteiger partial charge on any atom is 0.347 e. The molecule has 0 fully saturated rings. The van der Waals surface area contributed by atoms with Crippen LogP contribution in [0.4, 0.5) is 0 Å². The highest BCUT2D eigenvalue weighted by Crippen LogP contribution is 2.35. The smallest absolute Gasteiger partial charge is 0.347 e. The van der Waals surface area contributed by atoms with Crippen LogP contribution in [0.1, 0.15) is 76.9 Å². The van der Waals surface area contributed by atoms with Crippen molar-refractivity contribution in [3.05, 3.63) is 71.9 Å². The lowest BCUT2D eigenvalue weighted by molar-refractivity contribution is -0.175. The van der Waals surface area contributed by atoms with Crippen molar-refractivity contribution in [1.29, 1.82) is 0 Å². The van der Waals surface area contributed by atoms with Crippen molar-refractivity contribution < 1.29 is 28.5 Å². The van der Waals surface area contributed by atoms with Gasteiger partial charge in [-0.1, -0.05) is 70.5 Å². The van der Waals surface area contributed by atoms with Crippen molar-refractivity contribution in [2.24, 2.45) is 5.92 Å². The van der Waals surface area contributed by atoms with Crippen molar-refractivity contribution in [3.8, 4) is 39.9 Å². The summed E-state index contributed by atoms with van der Waals surface area (Å²) in [6.07, 6.45) is 1.24. The molecule has 1 atom stereocenters. The van der Waals surface area contributed by atoms with Crippen LogP contribution in [0.5, 0.6) is 17.4 Å². The molecule has 250 valence electrons. The first-order valence-electron chi connectivity index (χ1n) is 16.2. The summed E-state index contributed by atoms with van der Waals surface area (Å²) < 4.78 is 23.6. The van der Waals surface area contributed by atoms with Crippen LogP contribution in [0.15, 0.2) is 60.7 Å². The zero-order chi connectivity index (χ0) is 34.2. The largest absolute Gasteiger partial charge is 0.490 e. The SMILES string of the molecule is CCCCc1nc2ccc(OC(C)C)c(C(=O)OC(OC(=O)CC)C(C)C)c2nc1Oc1ccc(-c2ccccc2-c2nn[nH]n2)cc1. The lowest BCUT2D eigenvalue weighted by atomic mass is 9.99. The van der Waals surface area contributed by atoms with Gasteiger partial charge in [0, 0.05) is 17.9 Å². The molecule has 0 bridgehead atoms. The molecule has 0 radical (unpaired) electrons. The number of nitrogens with zero attached hydrogens (tertiary/aromatic N) is 5. The molecule has 0 aliphatic heterocycles. The van der Waals surface area contributed by atoms with Crippen LogP contribution >= 0.6 is 0 Å². The molecular weight excluding hydrogens is 612 g/mol. The van der Waals surface area contributed by atoms with Gasteiger partial charge in [0.25, 0.3) is 0 Å². The van der Waals surface area contributed by atoms with Crippen LogP contribution in [0, 0.1) is 5.92 Å². The number of nitrogens with one attached hydrogen (secondary N) is 1. The molecule has 1 N–H and O–H groups in total. The Morgan fingerprint density at radius 2 is 1.62 bits per heavy atom. The number of ether oxygens (including phenoxy) is 4. The number of aromatic nitrogens is 6. The van der Waals surface area contributed by atoms with Crippen LogP contribution in [0.2, 0.25) is 0 Å². The van der Waals surface area contributed by atoms with E-state index in [4.69, 9.17) is 28.9 Å². The normalized spacial score (nSPS) is 11.9. The van der Waals surface area contributed by atoms with Crippen LogP contribution in [-0.4, -0.2) is 54.9 Å². The van der Waals surface area contributed by atoms with E-state index in [2.05, 4.69) is 27.5 Å². The van der Waals surface area contributed by atoms with E-state index in [0.717, 1.165) is 29.5 Å². The van der Waals surface area contributed by atoms with Gasteiger partial charge >= 0.3 is 11.9 Å². The number of aryl methyl sites for hydroxylation is 1. The molecule has 12 heteroatoms. The van der Waals surface area contributed by atoms with Gasteiger partial charge in [0.2, 0.25) is 18.0 Å². The average molecular weight is 653 g/mol. The topological polar surface area (TPSA) is 151 Å². The summed E-state index contributed by atoms with van der Waals surface area (Å²) in [6, 6.07) is 18.8. The number of unbranched alkanes of at least 4 members (excludes halogenated alkanes) is 1. The van der Waals surface area contributed by atoms with Gasteiger partial charge in [-0.15, -0.1) is 10.2 Å². The van der Waals surface area contributed by atoms with Crippen molar-refractivity contribution in [1.82, 2.24) is 30.6 Å². The molecule has 0 aliphatic carbocycles. The van der Waals surface area contributed by atoms with Gasteiger partial charge in [0.05, 0.1) is 11.6 Å². The Hall–Kier alpha value is -5.39. The van der Waals surface area contributed by atoms with Gasteiger partial charge in [0.15, 0.2) is 0 Å². The number of benzene rings is 3. The van der Waals surface area contributed by atoms with Gasteiger partial charge < -0.3 is 18.9 Å². The fraction of sp³-hybridized carbons (Fsp3) is 0.361. The number of tetrazole rings is 1. The Kier molecular flexibility index (Phi) is 10.9. The Bertz CT molecular complexity index is 1860. The van der Waals surface area contributed by atoms with E-state index < -0.39 is 18.2 Å². The summed E-state index contributed by atoms with van der Waals surface area (Å²) in [4.78, 5) is 35.7. The van der Waals surface area contributed by atoms with E-state index in [9.17, 15) is 9.59 Å². The third-order valence-corrected chi connectivity index (χ3v) is 7.36. The molecule has 3 aromatic carbocycles. The molecule has 0 saturated carbocycles. The predicted octanol–water partition coefficient (Wildman–Crippen LogP) is 7.49. The number of esters is 2. The summed E-state index contributed by atoms with van der Waals surface area (Å²) >= 11 is 0. The van der Waals surface area contributed by atoms with Crippen LogP contribution < -0.4 is 9.47 Å². The average Bonchev–Trinajstić information content (AvgIpc) is 3.62. The van der Waals surface area contributed by atoms with Crippen LogP contribution in [-0.2, 0) is 20.7 Å². The molecule has 5 aromatic rings. The lowest BCUT2D eigenvalue weighted by Gasteiger charge is -2.22. The molecular formula is C36H40N6O6. The highest BCUT2D eigenvalue weighted by molar-refractivity contribution is 6.04. The Morgan fingerprint density at radius 3 is 2.27 bits per heavy atom. The van der Waals surface area contributed by atoms with Crippen molar-refractivity contribution >= 4 is 23.0 Å². The van der Waals surface area contributed by atoms with Gasteiger partial charge in [-0.3, -0.25) is 4.79 Å². The van der Waals surface area contributed by atoms with Crippen molar-refractivity contribution in [2.75, 3.05) is 0 Å². The molecule has 0 amide bonds. The van der Waals surface area contributed by atoms with Gasteiger partial charge in [0.1, 0.15) is 28.3 Å². The molecule has 48 heavy (non-hydrogen) atoms. The summed E-state index contributed by atoms with van der Waals surface area (Å²) in [5.41, 5.74) is 4.18. The van der Waals surface area contributed by atoms with E-state index >= 15 is 0 Å². The van der Waals surface area contributed by atoms with E-state index in [1.165, 1.54) is 0 Å². The summed E-state index contributed by atoms with van der Waals surface area (Å²) in [6.45, 7) is 11.1. The minimum absolute atomic E-state index is 0.0761. The highest BCUT2D eigenvalue weighted by atomic mass is 16.7. The van der Waals surface area contributed by atoms with Crippen LogP contribution in [0.3, 0.4) is 0 Å². The number of carbonyl (C=O) groups excluding carboxylic acids is 2. The predicted molar refractivity (Wildman–Crippen MR) is 179 cm³/mol. The van der Waals surface area contributed by atoms with Gasteiger partial charge in [-0.05, 0) is 67.3 Å². The molecule has 0 spiro atoms. The number of rotatable bonds is 14. The van der Waals surface area contributed by atoms with Crippen LogP contribution in [0.25, 0.3) is 33.5 Å². The maximum atomic E-state index is 13.8. The van der Waals surface area contributed by atoms with Gasteiger partial charge in [-0.2, -0.15) is 5.21 Å². The van der Waals surface area contributed by atoms with E-state index in [1.54, 1.807) is 32.9 Å². The number of H-pyrrole nitrogens is 1. The number of aromatic amines is 1. The zero-order valence-electron chi connectivity index (χ0n) is 28.0. The quantitative estimate of drug-likeness (QED) is 0.0938. The lowest BCUT2D eigenvalue weighted by Crippen LogP contribution is -2.29. The Balaban J connectivity index is 1.54. The molecule has 2 aromatic heterocycles. The molecule has 0 aliphatic rings. The third kappa shape index (κ3) is 7.93. The molecule has 1 unspecified atom stereocenters. The summed E-state index contributed by atoms with van der Waals surface area (Å²) in [5.74, 6) is 0.0659. The van der Waals surface area contributed by atoms with Gasteiger partial charge in [-0.25, -0.2) is 14.8 Å². The number of fused-ring (bicyclic) bond motifs is 1. The Labute approximate surface area is 279 Å². The molecule has 5 rings (SSSR count). The maximum absolute atomic E-state index is 13.8. The number of hydrogen-bond acceptors (Lipinski definition) is 11. The highest BCUT2D eigenvalue weighted by Gasteiger charge is 2.28. The fourth-order valence-electron chi connectivity index (χ4n) is 4.96. The second-order valence-electron chi connectivity index (χ2n) is 11.8. The van der Waals surface area contributed by atoms with Crippen molar-refractivity contribution in [3.63, 3.8) is 0 Å². The van der Waals surface area contributed by atoms with E-state index in [1.807, 2.05) is 62.4 Å². The molecule has 0 saturated heterocycles. The summed E-state index contributed by atoms with van der Waals surface area (Å²) in [7, 11) is 0. The monoisotopic (exact) mass is 652 g/mol. The van der Waals surface area contributed by atoms with E-state index in [-0.39, 0.29) is 41.2 Å². The molecule has 12 nitrogen and oxygen atoms in total. The fourth-order valence-corrected chi connectivity index (χ4v) is 4.96. The Morgan fingerprint density at radius 1 is 0.875 bits per heavy atom. The second kappa shape index (κ2) is 15.5. The third-order valence-electron chi connectivity index (χ3n) is 7.36. The standard InChI is InChI=1S/C36H40N6O6/c1-7-9-14-28-34(46-24-17-15-23(16-18-24)25-12-10-11-13-26(25)33-39-41-42-40-33)38-32-27(37-28)19-20-29(45-22(5)6)31(32)35(44)48-36(21(3)4)47-30(43)8-2/h10-13,15-22,36H,7-9,14H2,1-6H3,(H,39,40,41,42). The summed E-state index contributed by atoms with van der Waals surface area (Å²) in [5, 5.41) is 14.5. The zero-order valence-corrected chi connectivity index (χ0v) is 28.0. The van der Waals surface area contributed by atoms with Crippen molar-refractivity contribution in [2.45, 2.75) is 79.6 Å². The number of hydrogen-bond donors (Lipinski definition) is 1. The first-order valence-corrected chi connectivity index (χ1v) is 16.2. The minimum Gasteiger partial charge on any atom is -0.490 e. The minimum atomic E-state index is -1.09. The van der Waals surface area contributed by atoms with E-state index in [0.29, 0.717) is 29.2 Å². The first-order chi connectivity index (χ1) is 23.2.